The maximum absolute atomic E-state index is 11.8. The summed E-state index contributed by atoms with van der Waals surface area (Å²) in [5.41, 5.74) is 5.81. The Balaban J connectivity index is 2.02. The molecule has 0 amide bonds. The zero-order chi connectivity index (χ0) is 11.4. The van der Waals surface area contributed by atoms with Crippen molar-refractivity contribution in [3.63, 3.8) is 0 Å². The normalized spacial score (nSPS) is 20.0. The maximum Gasteiger partial charge on any atom is 0.389 e. The van der Waals surface area contributed by atoms with E-state index < -0.39 is 12.6 Å². The maximum atomic E-state index is 11.8. The van der Waals surface area contributed by atoms with Gasteiger partial charge in [-0.1, -0.05) is 6.42 Å². The van der Waals surface area contributed by atoms with Gasteiger partial charge in [0, 0.05) is 13.0 Å². The first kappa shape index (κ1) is 12.8. The van der Waals surface area contributed by atoms with E-state index >= 15 is 0 Å². The summed E-state index contributed by atoms with van der Waals surface area (Å²) >= 11 is 0. The molecule has 5 heteroatoms. The third-order valence-electron chi connectivity index (χ3n) is 3.16. The summed E-state index contributed by atoms with van der Waals surface area (Å²) in [6.07, 6.45) is -1.16. The van der Waals surface area contributed by atoms with Crippen LogP contribution in [0, 0.1) is 5.41 Å². The van der Waals surface area contributed by atoms with Crippen LogP contribution in [-0.4, -0.2) is 25.8 Å². The lowest BCUT2D eigenvalue weighted by atomic mass is 9.69. The first-order valence-corrected chi connectivity index (χ1v) is 5.45. The monoisotopic (exact) mass is 224 g/mol. The SMILES string of the molecule is NCC1(CNCCCC(F)(F)F)CCC1. The van der Waals surface area contributed by atoms with Gasteiger partial charge in [-0.2, -0.15) is 13.2 Å². The molecule has 0 heterocycles. The lowest BCUT2D eigenvalue weighted by Crippen LogP contribution is -2.45. The number of halogens is 3. The Morgan fingerprint density at radius 2 is 1.93 bits per heavy atom. The molecule has 0 saturated heterocycles. The Morgan fingerprint density at radius 1 is 1.27 bits per heavy atom. The van der Waals surface area contributed by atoms with Crippen molar-refractivity contribution in [3.8, 4) is 0 Å². The Kier molecular flexibility index (Phi) is 4.40. The zero-order valence-corrected chi connectivity index (χ0v) is 8.87. The first-order chi connectivity index (χ1) is 6.97. The number of hydrogen-bond acceptors (Lipinski definition) is 2. The highest BCUT2D eigenvalue weighted by atomic mass is 19.4. The van der Waals surface area contributed by atoms with E-state index in [1.165, 1.54) is 6.42 Å². The highest BCUT2D eigenvalue weighted by Crippen LogP contribution is 2.39. The minimum Gasteiger partial charge on any atom is -0.330 e. The van der Waals surface area contributed by atoms with Crippen molar-refractivity contribution >= 4 is 0 Å². The second-order valence-electron chi connectivity index (χ2n) is 4.45. The molecule has 1 aliphatic rings. The van der Waals surface area contributed by atoms with E-state index in [9.17, 15) is 13.2 Å². The molecule has 1 saturated carbocycles. The van der Waals surface area contributed by atoms with Crippen molar-refractivity contribution in [3.05, 3.63) is 0 Å². The van der Waals surface area contributed by atoms with E-state index in [1.807, 2.05) is 0 Å². The smallest absolute Gasteiger partial charge is 0.330 e. The summed E-state index contributed by atoms with van der Waals surface area (Å²) in [5.74, 6) is 0. The zero-order valence-electron chi connectivity index (χ0n) is 8.87. The third kappa shape index (κ3) is 4.38. The molecule has 1 aliphatic carbocycles. The lowest BCUT2D eigenvalue weighted by Gasteiger charge is -2.41. The fourth-order valence-electron chi connectivity index (χ4n) is 1.90. The van der Waals surface area contributed by atoms with Crippen molar-refractivity contribution in [1.82, 2.24) is 5.32 Å². The fraction of sp³-hybridized carbons (Fsp3) is 1.00. The van der Waals surface area contributed by atoms with Crippen molar-refractivity contribution < 1.29 is 13.2 Å². The van der Waals surface area contributed by atoms with Gasteiger partial charge < -0.3 is 11.1 Å². The predicted molar refractivity (Wildman–Crippen MR) is 53.5 cm³/mol. The van der Waals surface area contributed by atoms with E-state index in [0.29, 0.717) is 13.1 Å². The van der Waals surface area contributed by atoms with Gasteiger partial charge in [-0.3, -0.25) is 0 Å². The molecule has 0 aliphatic heterocycles. The molecule has 0 spiro atoms. The molecule has 0 bridgehead atoms. The average Bonchev–Trinajstić information content (AvgIpc) is 2.06. The van der Waals surface area contributed by atoms with Crippen LogP contribution in [0.4, 0.5) is 13.2 Å². The Hall–Kier alpha value is -0.290. The molecule has 0 atom stereocenters. The minimum atomic E-state index is -4.02. The van der Waals surface area contributed by atoms with E-state index in [4.69, 9.17) is 5.73 Å². The van der Waals surface area contributed by atoms with Crippen LogP contribution in [0.15, 0.2) is 0 Å². The van der Waals surface area contributed by atoms with Crippen LogP contribution in [0.2, 0.25) is 0 Å². The molecule has 90 valence electrons. The first-order valence-electron chi connectivity index (χ1n) is 5.45. The van der Waals surface area contributed by atoms with Crippen LogP contribution in [0.3, 0.4) is 0 Å². The molecule has 0 unspecified atom stereocenters. The van der Waals surface area contributed by atoms with Crippen molar-refractivity contribution in [2.45, 2.75) is 38.3 Å². The topological polar surface area (TPSA) is 38.0 Å². The van der Waals surface area contributed by atoms with E-state index in [-0.39, 0.29) is 11.8 Å². The van der Waals surface area contributed by atoms with E-state index in [2.05, 4.69) is 5.32 Å². The highest BCUT2D eigenvalue weighted by molar-refractivity contribution is 4.90. The van der Waals surface area contributed by atoms with Crippen LogP contribution in [-0.2, 0) is 0 Å². The molecule has 0 radical (unpaired) electrons. The molecule has 0 aromatic heterocycles. The highest BCUT2D eigenvalue weighted by Gasteiger charge is 2.34. The molecule has 2 nitrogen and oxygen atoms in total. The van der Waals surface area contributed by atoms with Crippen LogP contribution in [0.1, 0.15) is 32.1 Å². The molecule has 1 rings (SSSR count). The van der Waals surface area contributed by atoms with Crippen LogP contribution in [0.25, 0.3) is 0 Å². The average molecular weight is 224 g/mol. The summed E-state index contributed by atoms with van der Waals surface area (Å²) in [6.45, 7) is 1.84. The third-order valence-corrected chi connectivity index (χ3v) is 3.16. The molecular weight excluding hydrogens is 205 g/mol. The number of nitrogens with one attached hydrogen (secondary N) is 1. The second kappa shape index (κ2) is 5.16. The van der Waals surface area contributed by atoms with E-state index in [0.717, 1.165) is 19.4 Å². The lowest BCUT2D eigenvalue weighted by molar-refractivity contribution is -0.135. The van der Waals surface area contributed by atoms with Gasteiger partial charge in [-0.15, -0.1) is 0 Å². The quantitative estimate of drug-likeness (QED) is 0.678. The standard InChI is InChI=1S/C10H19F3N2/c11-10(12,13)5-2-6-15-8-9(7-14)3-1-4-9/h15H,1-8,14H2. The minimum absolute atomic E-state index is 0.157. The molecule has 0 aromatic carbocycles. The Bertz CT molecular complexity index is 182. The van der Waals surface area contributed by atoms with Gasteiger partial charge in [0.2, 0.25) is 0 Å². The molecule has 3 N–H and O–H groups in total. The summed E-state index contributed by atoms with van der Waals surface area (Å²) in [4.78, 5) is 0. The van der Waals surface area contributed by atoms with Crippen LogP contribution < -0.4 is 11.1 Å². The second-order valence-corrected chi connectivity index (χ2v) is 4.45. The number of alkyl halides is 3. The van der Waals surface area contributed by atoms with Gasteiger partial charge in [0.1, 0.15) is 0 Å². The van der Waals surface area contributed by atoms with Crippen molar-refractivity contribution in [2.75, 3.05) is 19.6 Å². The summed E-state index contributed by atoms with van der Waals surface area (Å²) in [7, 11) is 0. The molecular formula is C10H19F3N2. The molecule has 0 aromatic rings. The number of nitrogens with two attached hydrogens (primary N) is 1. The summed E-state index contributed by atoms with van der Waals surface area (Å²) < 4.78 is 35.4. The van der Waals surface area contributed by atoms with Gasteiger partial charge in [-0.25, -0.2) is 0 Å². The fourth-order valence-corrected chi connectivity index (χ4v) is 1.90. The molecule has 15 heavy (non-hydrogen) atoms. The van der Waals surface area contributed by atoms with Crippen molar-refractivity contribution in [2.24, 2.45) is 11.1 Å². The summed E-state index contributed by atoms with van der Waals surface area (Å²) in [6, 6.07) is 0. The van der Waals surface area contributed by atoms with E-state index in [1.54, 1.807) is 0 Å². The molecule has 1 fully saturated rings. The number of hydrogen-bond donors (Lipinski definition) is 2. The van der Waals surface area contributed by atoms with Crippen LogP contribution in [0.5, 0.6) is 0 Å². The largest absolute Gasteiger partial charge is 0.389 e. The summed E-state index contributed by atoms with van der Waals surface area (Å²) in [5, 5.41) is 3.07. The van der Waals surface area contributed by atoms with Crippen molar-refractivity contribution in [1.29, 1.82) is 0 Å². The van der Waals surface area contributed by atoms with Gasteiger partial charge in [-0.05, 0) is 37.8 Å². The Morgan fingerprint density at radius 3 is 2.33 bits per heavy atom. The van der Waals surface area contributed by atoms with Gasteiger partial charge >= 0.3 is 6.18 Å². The van der Waals surface area contributed by atoms with Gasteiger partial charge in [0.25, 0.3) is 0 Å². The number of rotatable bonds is 6. The predicted octanol–water partition coefficient (Wildman–Crippen LogP) is 2.05. The van der Waals surface area contributed by atoms with Gasteiger partial charge in [0.15, 0.2) is 0 Å². The van der Waals surface area contributed by atoms with Gasteiger partial charge in [0.05, 0.1) is 0 Å². The Labute approximate surface area is 88.4 Å². The van der Waals surface area contributed by atoms with Crippen LogP contribution >= 0.6 is 0 Å².